The second-order valence-electron chi connectivity index (χ2n) is 4.75. The maximum Gasteiger partial charge on any atom is 0.392 e. The van der Waals surface area contributed by atoms with Crippen molar-refractivity contribution >= 4 is 5.97 Å². The van der Waals surface area contributed by atoms with Gasteiger partial charge in [-0.15, -0.1) is 0 Å². The quantitative estimate of drug-likeness (QED) is 0.674. The number of hydrogen-bond acceptors (Lipinski definition) is 2. The summed E-state index contributed by atoms with van der Waals surface area (Å²) in [5.41, 5.74) is 0. The molecule has 0 aromatic rings. The van der Waals surface area contributed by atoms with Gasteiger partial charge in [-0.25, -0.2) is 0 Å². The Morgan fingerprint density at radius 1 is 1.24 bits per heavy atom. The van der Waals surface area contributed by atoms with Crippen LogP contribution in [0.3, 0.4) is 0 Å². The van der Waals surface area contributed by atoms with Crippen molar-refractivity contribution in [1.82, 2.24) is 0 Å². The molecule has 0 aliphatic heterocycles. The molecule has 2 atom stereocenters. The summed E-state index contributed by atoms with van der Waals surface area (Å²) in [6.07, 6.45) is -3.61. The highest BCUT2D eigenvalue weighted by Gasteiger charge is 2.44. The number of carbonyl (C=O) groups is 1. The van der Waals surface area contributed by atoms with Crippen LogP contribution in [0.15, 0.2) is 0 Å². The van der Waals surface area contributed by atoms with Gasteiger partial charge in [-0.3, -0.25) is 4.79 Å². The Morgan fingerprint density at radius 3 is 2.12 bits per heavy atom. The minimum atomic E-state index is -4.35. The molecule has 0 radical (unpaired) electrons. The molecule has 0 saturated carbocycles. The maximum absolute atomic E-state index is 12.6. The number of carbonyl (C=O) groups excluding carboxylic acids is 1. The summed E-state index contributed by atoms with van der Waals surface area (Å²) in [5.74, 6) is -3.34. The van der Waals surface area contributed by atoms with Crippen molar-refractivity contribution in [3.63, 3.8) is 0 Å². The first kappa shape index (κ1) is 16.3. The zero-order chi connectivity index (χ0) is 13.6. The summed E-state index contributed by atoms with van der Waals surface area (Å²) >= 11 is 0. The van der Waals surface area contributed by atoms with Crippen LogP contribution >= 0.6 is 0 Å². The van der Waals surface area contributed by atoms with Crippen LogP contribution in [0.1, 0.15) is 40.5 Å². The molecule has 0 aromatic heterocycles. The van der Waals surface area contributed by atoms with Crippen molar-refractivity contribution in [2.75, 3.05) is 6.61 Å². The van der Waals surface area contributed by atoms with Crippen molar-refractivity contribution in [3.05, 3.63) is 0 Å². The van der Waals surface area contributed by atoms with Gasteiger partial charge in [0.25, 0.3) is 0 Å². The molecule has 2 unspecified atom stereocenters. The van der Waals surface area contributed by atoms with E-state index >= 15 is 0 Å². The molecule has 5 heteroatoms. The minimum absolute atomic E-state index is 0.127. The number of alkyl halides is 3. The van der Waals surface area contributed by atoms with Crippen LogP contribution < -0.4 is 0 Å². The van der Waals surface area contributed by atoms with E-state index in [2.05, 4.69) is 0 Å². The predicted octanol–water partition coefficient (Wildman–Crippen LogP) is 3.80. The van der Waals surface area contributed by atoms with Crippen molar-refractivity contribution in [2.45, 2.75) is 46.7 Å². The lowest BCUT2D eigenvalue weighted by Crippen LogP contribution is -2.34. The smallest absolute Gasteiger partial charge is 0.392 e. The number of hydrogen-bond donors (Lipinski definition) is 0. The van der Waals surface area contributed by atoms with E-state index in [0.29, 0.717) is 6.42 Å². The summed E-state index contributed by atoms with van der Waals surface area (Å²) in [7, 11) is 0. The molecule has 0 fully saturated rings. The summed E-state index contributed by atoms with van der Waals surface area (Å²) in [6, 6.07) is 0. The predicted molar refractivity (Wildman–Crippen MR) is 59.4 cm³/mol. The molecule has 17 heavy (non-hydrogen) atoms. The molecule has 0 heterocycles. The van der Waals surface area contributed by atoms with Gasteiger partial charge in [-0.2, -0.15) is 13.2 Å². The average molecular weight is 254 g/mol. The minimum Gasteiger partial charge on any atom is -0.465 e. The van der Waals surface area contributed by atoms with Gasteiger partial charge in [0.15, 0.2) is 0 Å². The van der Waals surface area contributed by atoms with Crippen LogP contribution in [0.2, 0.25) is 0 Å². The van der Waals surface area contributed by atoms with Gasteiger partial charge >= 0.3 is 12.1 Å². The van der Waals surface area contributed by atoms with E-state index in [1.54, 1.807) is 6.92 Å². The lowest BCUT2D eigenvalue weighted by molar-refractivity contribution is -0.195. The molecular weight excluding hydrogens is 233 g/mol. The molecule has 0 amide bonds. The monoisotopic (exact) mass is 254 g/mol. The molecule has 0 N–H and O–H groups in total. The van der Waals surface area contributed by atoms with Crippen molar-refractivity contribution < 1.29 is 22.7 Å². The third-order valence-electron chi connectivity index (χ3n) is 2.58. The van der Waals surface area contributed by atoms with Crippen molar-refractivity contribution in [2.24, 2.45) is 17.8 Å². The highest BCUT2D eigenvalue weighted by atomic mass is 19.4. The summed E-state index contributed by atoms with van der Waals surface area (Å²) in [5, 5.41) is 0. The largest absolute Gasteiger partial charge is 0.465 e. The maximum atomic E-state index is 12.6. The van der Waals surface area contributed by atoms with Crippen molar-refractivity contribution in [3.8, 4) is 0 Å². The van der Waals surface area contributed by atoms with E-state index < -0.39 is 24.0 Å². The molecule has 0 aromatic carbocycles. The summed E-state index contributed by atoms with van der Waals surface area (Å²) < 4.78 is 42.6. The molecule has 0 rings (SSSR count). The first-order chi connectivity index (χ1) is 7.70. The van der Waals surface area contributed by atoms with Gasteiger partial charge in [-0.1, -0.05) is 34.1 Å². The molecule has 0 bridgehead atoms. The van der Waals surface area contributed by atoms with Crippen LogP contribution in [0, 0.1) is 17.8 Å². The van der Waals surface area contributed by atoms with E-state index in [0.717, 1.165) is 6.92 Å². The number of halogens is 3. The fourth-order valence-corrected chi connectivity index (χ4v) is 1.47. The fourth-order valence-electron chi connectivity index (χ4n) is 1.47. The molecule has 0 spiro atoms. The highest BCUT2D eigenvalue weighted by Crippen LogP contribution is 2.34. The van der Waals surface area contributed by atoms with E-state index in [-0.39, 0.29) is 18.9 Å². The second kappa shape index (κ2) is 6.87. The van der Waals surface area contributed by atoms with Gasteiger partial charge in [0, 0.05) is 0 Å². The first-order valence-electron chi connectivity index (χ1n) is 5.93. The van der Waals surface area contributed by atoms with Gasteiger partial charge in [0.2, 0.25) is 0 Å². The van der Waals surface area contributed by atoms with Gasteiger partial charge in [0.1, 0.15) is 0 Å². The van der Waals surface area contributed by atoms with E-state index in [9.17, 15) is 18.0 Å². The summed E-state index contributed by atoms with van der Waals surface area (Å²) in [4.78, 5) is 11.6. The number of esters is 1. The molecule has 102 valence electrons. The zero-order valence-electron chi connectivity index (χ0n) is 10.8. The van der Waals surface area contributed by atoms with Crippen molar-refractivity contribution in [1.29, 1.82) is 0 Å². The Balaban J connectivity index is 4.56. The van der Waals surface area contributed by atoms with Crippen LogP contribution in [-0.2, 0) is 9.53 Å². The molecule has 2 nitrogen and oxygen atoms in total. The lowest BCUT2D eigenvalue weighted by Gasteiger charge is -2.24. The van der Waals surface area contributed by atoms with Gasteiger partial charge in [-0.05, 0) is 12.3 Å². The normalized spacial score (nSPS) is 15.8. The van der Waals surface area contributed by atoms with Crippen LogP contribution in [0.5, 0.6) is 0 Å². The highest BCUT2D eigenvalue weighted by molar-refractivity contribution is 5.72. The van der Waals surface area contributed by atoms with Crippen LogP contribution in [0.25, 0.3) is 0 Å². The second-order valence-corrected chi connectivity index (χ2v) is 4.75. The standard InChI is InChI=1S/C12H21F3O2/c1-5-6-10(9(4)12(13,14)15)11(16)17-7-8(2)3/h8-10H,5-7H2,1-4H3. The molecule has 0 aliphatic carbocycles. The van der Waals surface area contributed by atoms with E-state index in [1.807, 2.05) is 13.8 Å². The van der Waals surface area contributed by atoms with Gasteiger partial charge < -0.3 is 4.74 Å². The Hall–Kier alpha value is -0.740. The summed E-state index contributed by atoms with van der Waals surface area (Å²) in [6.45, 7) is 6.65. The van der Waals surface area contributed by atoms with Crippen LogP contribution in [-0.4, -0.2) is 18.8 Å². The Labute approximate surface area is 101 Å². The number of rotatable bonds is 6. The van der Waals surface area contributed by atoms with Crippen LogP contribution in [0.4, 0.5) is 13.2 Å². The van der Waals surface area contributed by atoms with E-state index in [1.165, 1.54) is 0 Å². The Bertz CT molecular complexity index is 236. The Kier molecular flexibility index (Phi) is 6.57. The molecule has 0 saturated heterocycles. The average Bonchev–Trinajstić information content (AvgIpc) is 2.20. The first-order valence-corrected chi connectivity index (χ1v) is 5.93. The Morgan fingerprint density at radius 2 is 1.76 bits per heavy atom. The van der Waals surface area contributed by atoms with E-state index in [4.69, 9.17) is 4.74 Å². The molecule has 0 aliphatic rings. The number of ether oxygens (including phenoxy) is 1. The third kappa shape index (κ3) is 5.94. The lowest BCUT2D eigenvalue weighted by atomic mass is 9.89. The SMILES string of the molecule is CCCC(C(=O)OCC(C)C)C(C)C(F)(F)F. The fraction of sp³-hybridized carbons (Fsp3) is 0.917. The topological polar surface area (TPSA) is 26.3 Å². The zero-order valence-corrected chi connectivity index (χ0v) is 10.8. The van der Waals surface area contributed by atoms with Gasteiger partial charge in [0.05, 0.1) is 18.4 Å². The molecular formula is C12H21F3O2. The third-order valence-corrected chi connectivity index (χ3v) is 2.58.